The van der Waals surface area contributed by atoms with Gasteiger partial charge in [0.25, 0.3) is 5.91 Å². The zero-order chi connectivity index (χ0) is 20.6. The highest BCUT2D eigenvalue weighted by atomic mass is 16.5. The number of hydrogen-bond donors (Lipinski definition) is 2. The number of aliphatic hydroxyl groups is 1. The molecule has 2 heterocycles. The van der Waals surface area contributed by atoms with Gasteiger partial charge in [-0.15, -0.1) is 0 Å². The molecule has 2 saturated heterocycles. The van der Waals surface area contributed by atoms with Crippen molar-refractivity contribution in [3.63, 3.8) is 0 Å². The van der Waals surface area contributed by atoms with Crippen LogP contribution in [0.1, 0.15) is 33.1 Å². The molecular weight excluding hydrogens is 368 g/mol. The van der Waals surface area contributed by atoms with Crippen LogP contribution in [-0.4, -0.2) is 53.2 Å². The Balaban J connectivity index is 1.57. The first kappa shape index (κ1) is 19.7. The van der Waals surface area contributed by atoms with Crippen molar-refractivity contribution in [1.82, 2.24) is 10.2 Å². The predicted molar refractivity (Wildman–Crippen MR) is 111 cm³/mol. The quantitative estimate of drug-likeness (QED) is 0.836. The summed E-state index contributed by atoms with van der Waals surface area (Å²) in [6.07, 6.45) is 1.06. The third-order valence-electron chi connectivity index (χ3n) is 6.24. The Morgan fingerprint density at radius 3 is 2.79 bits per heavy atom. The number of hydrogen-bond acceptors (Lipinski definition) is 4. The maximum atomic E-state index is 13.4. The number of benzene rings is 2. The van der Waals surface area contributed by atoms with E-state index in [0.29, 0.717) is 31.7 Å². The molecule has 0 bridgehead atoms. The number of nitrogens with one attached hydrogen (secondary N) is 1. The summed E-state index contributed by atoms with van der Waals surface area (Å²) in [6.45, 7) is 4.78. The maximum absolute atomic E-state index is 13.4. The van der Waals surface area contributed by atoms with E-state index in [1.54, 1.807) is 18.7 Å². The second kappa shape index (κ2) is 7.34. The van der Waals surface area contributed by atoms with E-state index < -0.39 is 17.1 Å². The van der Waals surface area contributed by atoms with Crippen LogP contribution < -0.4 is 10.1 Å². The Kier molecular flexibility index (Phi) is 4.99. The second-order valence-electron chi connectivity index (χ2n) is 8.64. The van der Waals surface area contributed by atoms with Gasteiger partial charge in [0.05, 0.1) is 11.5 Å². The zero-order valence-corrected chi connectivity index (χ0v) is 17.0. The van der Waals surface area contributed by atoms with E-state index in [1.807, 2.05) is 42.5 Å². The standard InChI is InChI=1S/C23H28N2O4/c1-22(2,29-18-10-5-8-16-7-3-4-9-17(16)18)21(28)25-14-11-19(26)23(15-25)12-6-13-24-20(23)27/h3-5,7-10,19,26H,6,11-15H2,1-2H3,(H,24,27)/t19-,23+/m0/s1. The number of amides is 2. The van der Waals surface area contributed by atoms with Gasteiger partial charge in [-0.1, -0.05) is 36.4 Å². The molecule has 4 rings (SSSR count). The van der Waals surface area contributed by atoms with Gasteiger partial charge in [-0.3, -0.25) is 9.59 Å². The van der Waals surface area contributed by atoms with Crippen LogP contribution >= 0.6 is 0 Å². The minimum absolute atomic E-state index is 0.151. The van der Waals surface area contributed by atoms with E-state index in [2.05, 4.69) is 5.32 Å². The van der Waals surface area contributed by atoms with E-state index in [0.717, 1.165) is 17.2 Å². The first-order valence-electron chi connectivity index (χ1n) is 10.3. The van der Waals surface area contributed by atoms with Crippen LogP contribution in [0.5, 0.6) is 5.75 Å². The number of piperidine rings is 2. The molecule has 2 aliphatic heterocycles. The van der Waals surface area contributed by atoms with Gasteiger partial charge in [-0.2, -0.15) is 0 Å². The molecule has 2 aromatic rings. The van der Waals surface area contributed by atoms with E-state index in [-0.39, 0.29) is 18.4 Å². The number of fused-ring (bicyclic) bond motifs is 1. The monoisotopic (exact) mass is 396 g/mol. The molecule has 1 spiro atoms. The minimum Gasteiger partial charge on any atom is -0.477 e. The van der Waals surface area contributed by atoms with Crippen molar-refractivity contribution < 1.29 is 19.4 Å². The summed E-state index contributed by atoms with van der Waals surface area (Å²) in [4.78, 5) is 27.7. The van der Waals surface area contributed by atoms with Gasteiger partial charge in [-0.25, -0.2) is 0 Å². The van der Waals surface area contributed by atoms with Gasteiger partial charge in [0.15, 0.2) is 5.60 Å². The largest absolute Gasteiger partial charge is 0.477 e. The van der Waals surface area contributed by atoms with Gasteiger partial charge in [0.1, 0.15) is 5.75 Å². The first-order valence-corrected chi connectivity index (χ1v) is 10.3. The third-order valence-corrected chi connectivity index (χ3v) is 6.24. The van der Waals surface area contributed by atoms with Gasteiger partial charge in [0, 0.05) is 25.0 Å². The summed E-state index contributed by atoms with van der Waals surface area (Å²) < 4.78 is 6.21. The SMILES string of the molecule is CC(C)(Oc1cccc2ccccc12)C(=O)N1CC[C@H](O)[C@@]2(CCCNC2=O)C1. The molecule has 0 radical (unpaired) electrons. The van der Waals surface area contributed by atoms with Crippen molar-refractivity contribution in [2.24, 2.45) is 5.41 Å². The molecule has 0 aromatic heterocycles. The first-order chi connectivity index (χ1) is 13.8. The summed E-state index contributed by atoms with van der Waals surface area (Å²) in [5.41, 5.74) is -2.01. The molecule has 154 valence electrons. The number of nitrogens with zero attached hydrogens (tertiary/aromatic N) is 1. The lowest BCUT2D eigenvalue weighted by Crippen LogP contribution is -2.64. The molecule has 0 unspecified atom stereocenters. The van der Waals surface area contributed by atoms with Crippen molar-refractivity contribution in [3.8, 4) is 5.75 Å². The molecule has 6 heteroatoms. The van der Waals surface area contributed by atoms with E-state index in [4.69, 9.17) is 4.74 Å². The fourth-order valence-corrected chi connectivity index (χ4v) is 4.60. The molecule has 0 aliphatic carbocycles. The van der Waals surface area contributed by atoms with Crippen molar-refractivity contribution >= 4 is 22.6 Å². The molecular formula is C23H28N2O4. The summed E-state index contributed by atoms with van der Waals surface area (Å²) in [7, 11) is 0. The number of ether oxygens (including phenoxy) is 1. The van der Waals surface area contributed by atoms with Crippen LogP contribution in [0, 0.1) is 5.41 Å². The molecule has 2 atom stereocenters. The summed E-state index contributed by atoms with van der Waals surface area (Å²) in [5, 5.41) is 15.4. The second-order valence-corrected chi connectivity index (χ2v) is 8.64. The molecule has 0 saturated carbocycles. The number of carbonyl (C=O) groups is 2. The molecule has 2 amide bonds. The number of rotatable bonds is 3. The number of aliphatic hydroxyl groups excluding tert-OH is 1. The summed E-state index contributed by atoms with van der Waals surface area (Å²) in [6, 6.07) is 13.7. The van der Waals surface area contributed by atoms with Crippen LogP contribution in [0.3, 0.4) is 0 Å². The molecule has 6 nitrogen and oxygen atoms in total. The van der Waals surface area contributed by atoms with E-state index >= 15 is 0 Å². The third kappa shape index (κ3) is 3.46. The maximum Gasteiger partial charge on any atom is 0.266 e. The molecule has 2 fully saturated rings. The number of likely N-dealkylation sites (tertiary alicyclic amines) is 1. The zero-order valence-electron chi connectivity index (χ0n) is 17.0. The normalized spacial score (nSPS) is 25.1. The Bertz CT molecular complexity index is 936. The number of carbonyl (C=O) groups excluding carboxylic acids is 2. The average Bonchev–Trinajstić information content (AvgIpc) is 2.71. The lowest BCUT2D eigenvalue weighted by Gasteiger charge is -2.48. The lowest BCUT2D eigenvalue weighted by atomic mass is 9.71. The lowest BCUT2D eigenvalue weighted by molar-refractivity contribution is -0.161. The Morgan fingerprint density at radius 2 is 2.00 bits per heavy atom. The minimum atomic E-state index is -1.10. The van der Waals surface area contributed by atoms with E-state index in [9.17, 15) is 14.7 Å². The van der Waals surface area contributed by atoms with Crippen LogP contribution in [0.2, 0.25) is 0 Å². The van der Waals surface area contributed by atoms with Gasteiger partial charge >= 0.3 is 0 Å². The summed E-state index contributed by atoms with van der Waals surface area (Å²) >= 11 is 0. The van der Waals surface area contributed by atoms with Gasteiger partial charge in [0.2, 0.25) is 5.91 Å². The Labute approximate surface area is 170 Å². The van der Waals surface area contributed by atoms with Gasteiger partial charge < -0.3 is 20.1 Å². The van der Waals surface area contributed by atoms with Crippen LogP contribution in [0.4, 0.5) is 0 Å². The van der Waals surface area contributed by atoms with Crippen molar-refractivity contribution in [3.05, 3.63) is 42.5 Å². The van der Waals surface area contributed by atoms with E-state index in [1.165, 1.54) is 0 Å². The highest BCUT2D eigenvalue weighted by Crippen LogP contribution is 2.38. The molecule has 2 N–H and O–H groups in total. The van der Waals surface area contributed by atoms with Crippen molar-refractivity contribution in [2.45, 2.75) is 44.8 Å². The molecule has 2 aromatic carbocycles. The van der Waals surface area contributed by atoms with Gasteiger partial charge in [-0.05, 0) is 44.6 Å². The fraction of sp³-hybridized carbons (Fsp3) is 0.478. The summed E-state index contributed by atoms with van der Waals surface area (Å²) in [5.74, 6) is 0.334. The van der Waals surface area contributed by atoms with Crippen LogP contribution in [0.25, 0.3) is 10.8 Å². The van der Waals surface area contributed by atoms with Crippen LogP contribution in [0.15, 0.2) is 42.5 Å². The van der Waals surface area contributed by atoms with Crippen molar-refractivity contribution in [2.75, 3.05) is 19.6 Å². The Morgan fingerprint density at radius 1 is 1.24 bits per heavy atom. The topological polar surface area (TPSA) is 78.9 Å². The van der Waals surface area contributed by atoms with Crippen LogP contribution in [-0.2, 0) is 9.59 Å². The highest BCUT2D eigenvalue weighted by molar-refractivity contribution is 5.91. The molecule has 29 heavy (non-hydrogen) atoms. The average molecular weight is 396 g/mol. The smallest absolute Gasteiger partial charge is 0.266 e. The molecule has 2 aliphatic rings. The Hall–Kier alpha value is -2.60. The fourth-order valence-electron chi connectivity index (χ4n) is 4.60. The highest BCUT2D eigenvalue weighted by Gasteiger charge is 2.52. The predicted octanol–water partition coefficient (Wildman–Crippen LogP) is 2.49. The van der Waals surface area contributed by atoms with Crippen molar-refractivity contribution in [1.29, 1.82) is 0 Å².